The Hall–Kier alpha value is -3.26. The van der Waals surface area contributed by atoms with E-state index in [-0.39, 0.29) is 10.8 Å². The number of aromatic amines is 1. The molecule has 0 aliphatic heterocycles. The molecular formula is C22H22N4O3S. The lowest BCUT2D eigenvalue weighted by Gasteiger charge is -2.16. The molecule has 3 aromatic rings. The minimum absolute atomic E-state index is 0.0938. The first-order valence-electron chi connectivity index (χ1n) is 9.79. The maximum absolute atomic E-state index is 12.3. The average molecular weight is 423 g/mol. The molecule has 8 heteroatoms. The van der Waals surface area contributed by atoms with Crippen molar-refractivity contribution >= 4 is 28.1 Å². The predicted octanol–water partition coefficient (Wildman–Crippen LogP) is 3.17. The zero-order valence-electron chi connectivity index (χ0n) is 16.6. The summed E-state index contributed by atoms with van der Waals surface area (Å²) in [7, 11) is 0. The fourth-order valence-corrected chi connectivity index (χ4v) is 3.91. The fourth-order valence-electron chi connectivity index (χ4n) is 3.31. The summed E-state index contributed by atoms with van der Waals surface area (Å²) in [4.78, 5) is 27.8. The van der Waals surface area contributed by atoms with Crippen LogP contribution >= 0.6 is 11.3 Å². The molecule has 1 aromatic carbocycles. The van der Waals surface area contributed by atoms with Crippen molar-refractivity contribution in [3.63, 3.8) is 0 Å². The maximum Gasteiger partial charge on any atom is 0.322 e. The van der Waals surface area contributed by atoms with Crippen molar-refractivity contribution in [3.05, 3.63) is 79.7 Å². The number of amides is 1. The van der Waals surface area contributed by atoms with Gasteiger partial charge in [-0.05, 0) is 37.1 Å². The Bertz CT molecular complexity index is 1190. The highest BCUT2D eigenvalue weighted by molar-refractivity contribution is 7.08. The number of carbonyl (C=O) groups excluding carboxylic acids is 1. The van der Waals surface area contributed by atoms with Gasteiger partial charge in [0, 0.05) is 36.0 Å². The molecule has 1 aliphatic rings. The largest absolute Gasteiger partial charge is 0.493 e. The summed E-state index contributed by atoms with van der Waals surface area (Å²) in [6, 6.07) is 10.1. The highest BCUT2D eigenvalue weighted by Crippen LogP contribution is 2.23. The number of benzene rings is 1. The van der Waals surface area contributed by atoms with Gasteiger partial charge >= 0.3 is 4.87 Å². The van der Waals surface area contributed by atoms with Crippen LogP contribution in [0, 0.1) is 6.92 Å². The summed E-state index contributed by atoms with van der Waals surface area (Å²) in [5, 5.41) is 10.9. The minimum atomic E-state index is -0.182. The summed E-state index contributed by atoms with van der Waals surface area (Å²) >= 11 is 1.06. The van der Waals surface area contributed by atoms with Crippen LogP contribution in [0.3, 0.4) is 0 Å². The molecule has 7 nitrogen and oxygen atoms in total. The van der Waals surface area contributed by atoms with E-state index in [9.17, 15) is 9.59 Å². The molecule has 0 radical (unpaired) electrons. The molecule has 1 aliphatic carbocycles. The number of carbonyl (C=O) groups is 1. The van der Waals surface area contributed by atoms with Gasteiger partial charge in [-0.15, -0.1) is 0 Å². The van der Waals surface area contributed by atoms with Gasteiger partial charge in [-0.25, -0.2) is 5.10 Å². The molecule has 154 valence electrons. The van der Waals surface area contributed by atoms with Crippen molar-refractivity contribution in [1.82, 2.24) is 20.5 Å². The molecule has 0 saturated heterocycles. The van der Waals surface area contributed by atoms with Crippen molar-refractivity contribution < 1.29 is 9.53 Å². The number of nitrogens with one attached hydrogen (secondary N) is 2. The van der Waals surface area contributed by atoms with Crippen LogP contribution in [0.2, 0.25) is 0 Å². The second-order valence-corrected chi connectivity index (χ2v) is 8.11. The van der Waals surface area contributed by atoms with E-state index < -0.39 is 0 Å². The smallest absolute Gasteiger partial charge is 0.322 e. The Morgan fingerprint density at radius 2 is 2.13 bits per heavy atom. The second-order valence-electron chi connectivity index (χ2n) is 7.06. The van der Waals surface area contributed by atoms with Crippen LogP contribution in [0.15, 0.2) is 58.6 Å². The summed E-state index contributed by atoms with van der Waals surface area (Å²) in [5.74, 6) is 0.772. The van der Waals surface area contributed by atoms with Crippen LogP contribution in [0.4, 0.5) is 0 Å². The van der Waals surface area contributed by atoms with Gasteiger partial charge in [0.15, 0.2) is 0 Å². The van der Waals surface area contributed by atoms with E-state index >= 15 is 0 Å². The number of hydrogen-bond donors (Lipinski definition) is 2. The molecule has 0 fully saturated rings. The van der Waals surface area contributed by atoms with Gasteiger partial charge in [-0.3, -0.25) is 14.6 Å². The molecule has 0 atom stereocenters. The number of H-pyrrole nitrogens is 1. The van der Waals surface area contributed by atoms with E-state index in [2.05, 4.69) is 26.6 Å². The van der Waals surface area contributed by atoms with Crippen molar-refractivity contribution in [2.24, 2.45) is 0 Å². The zero-order chi connectivity index (χ0) is 20.9. The van der Waals surface area contributed by atoms with Crippen LogP contribution in [-0.2, 0) is 22.6 Å². The lowest BCUT2D eigenvalue weighted by atomic mass is 10.0. The maximum atomic E-state index is 12.3. The average Bonchev–Trinajstić information content (AvgIpc) is 3.17. The number of rotatable bonds is 7. The number of pyridine rings is 1. The molecule has 2 heterocycles. The van der Waals surface area contributed by atoms with Crippen LogP contribution in [0.1, 0.15) is 29.1 Å². The van der Waals surface area contributed by atoms with Crippen LogP contribution in [0.25, 0.3) is 10.9 Å². The topological polar surface area (TPSA) is 97.0 Å². The van der Waals surface area contributed by atoms with Gasteiger partial charge < -0.3 is 10.1 Å². The van der Waals surface area contributed by atoms with Crippen molar-refractivity contribution in [3.8, 4) is 0 Å². The highest BCUT2D eigenvalue weighted by Gasteiger charge is 2.14. The third-order valence-electron chi connectivity index (χ3n) is 4.88. The highest BCUT2D eigenvalue weighted by atomic mass is 32.1. The standard InChI is InChI=1S/C22H22N4O3S/c1-14-5-10-18-16(3-2-4-19(18)24-14)13-29-17-8-6-15(7-9-17)21(27)23-12-11-20-25-26-22(28)30-20/h2-6,8,10H,7,9,11-13H2,1H3,(H,23,27)(H,26,28). The van der Waals surface area contributed by atoms with E-state index in [1.165, 1.54) is 0 Å². The number of hydrogen-bond acceptors (Lipinski definition) is 6. The normalized spacial score (nSPS) is 13.6. The molecule has 30 heavy (non-hydrogen) atoms. The molecule has 2 N–H and O–H groups in total. The van der Waals surface area contributed by atoms with Gasteiger partial charge in [0.2, 0.25) is 5.91 Å². The van der Waals surface area contributed by atoms with E-state index in [0.717, 1.165) is 44.8 Å². The molecule has 4 rings (SSSR count). The molecular weight excluding hydrogens is 400 g/mol. The summed E-state index contributed by atoms with van der Waals surface area (Å²) < 4.78 is 5.99. The number of allylic oxidation sites excluding steroid dienone is 3. The van der Waals surface area contributed by atoms with Crippen molar-refractivity contribution in [2.75, 3.05) is 6.54 Å². The first-order chi connectivity index (χ1) is 14.6. The lowest BCUT2D eigenvalue weighted by molar-refractivity contribution is -0.117. The predicted molar refractivity (Wildman–Crippen MR) is 116 cm³/mol. The van der Waals surface area contributed by atoms with Gasteiger partial charge in [-0.1, -0.05) is 35.6 Å². The molecule has 0 spiro atoms. The SMILES string of the molecule is Cc1ccc2c(COC3=CC=C(C(=O)NCCc4n[nH]c(=O)s4)CC3)cccc2n1. The quantitative estimate of drug-likeness (QED) is 0.610. The van der Waals surface area contributed by atoms with E-state index in [4.69, 9.17) is 4.74 Å². The minimum Gasteiger partial charge on any atom is -0.493 e. The number of nitrogens with zero attached hydrogens (tertiary/aromatic N) is 2. The first-order valence-corrected chi connectivity index (χ1v) is 10.6. The van der Waals surface area contributed by atoms with Gasteiger partial charge in [0.25, 0.3) is 0 Å². The molecule has 0 bridgehead atoms. The Morgan fingerprint density at radius 1 is 1.23 bits per heavy atom. The number of ether oxygens (including phenoxy) is 1. The molecule has 1 amide bonds. The van der Waals surface area contributed by atoms with Crippen molar-refractivity contribution in [2.45, 2.75) is 32.8 Å². The fraction of sp³-hybridized carbons (Fsp3) is 0.273. The number of aromatic nitrogens is 3. The molecule has 2 aromatic heterocycles. The van der Waals surface area contributed by atoms with Crippen molar-refractivity contribution in [1.29, 1.82) is 0 Å². The Morgan fingerprint density at radius 3 is 2.90 bits per heavy atom. The molecule has 0 saturated carbocycles. The lowest BCUT2D eigenvalue weighted by Crippen LogP contribution is -2.27. The summed E-state index contributed by atoms with van der Waals surface area (Å²) in [6.45, 7) is 2.89. The van der Waals surface area contributed by atoms with Gasteiger partial charge in [0.1, 0.15) is 11.6 Å². The zero-order valence-corrected chi connectivity index (χ0v) is 17.4. The van der Waals surface area contributed by atoms with E-state index in [1.807, 2.05) is 43.3 Å². The van der Waals surface area contributed by atoms with Crippen LogP contribution in [0.5, 0.6) is 0 Å². The van der Waals surface area contributed by atoms with Gasteiger partial charge in [-0.2, -0.15) is 5.10 Å². The third kappa shape index (κ3) is 4.83. The second kappa shape index (κ2) is 9.04. The van der Waals surface area contributed by atoms with Crippen LogP contribution < -0.4 is 10.2 Å². The van der Waals surface area contributed by atoms with E-state index in [1.54, 1.807) is 0 Å². The van der Waals surface area contributed by atoms with E-state index in [0.29, 0.717) is 37.4 Å². The number of fused-ring (bicyclic) bond motifs is 1. The number of aryl methyl sites for hydroxylation is 1. The Labute approximate surface area is 177 Å². The Balaban J connectivity index is 1.32. The molecule has 0 unspecified atom stereocenters. The monoisotopic (exact) mass is 422 g/mol. The summed E-state index contributed by atoms with van der Waals surface area (Å²) in [5.41, 5.74) is 3.78. The van der Waals surface area contributed by atoms with Gasteiger partial charge in [0.05, 0.1) is 11.3 Å². The third-order valence-corrected chi connectivity index (χ3v) is 5.69. The first kappa shape index (κ1) is 20.0. The summed E-state index contributed by atoms with van der Waals surface area (Å²) in [6.07, 6.45) is 5.53. The Kier molecular flexibility index (Phi) is 6.04. The van der Waals surface area contributed by atoms with Crippen LogP contribution in [-0.4, -0.2) is 27.6 Å².